The van der Waals surface area contributed by atoms with E-state index >= 15 is 0 Å². The quantitative estimate of drug-likeness (QED) is 0.323. The average Bonchev–Trinajstić information content (AvgIpc) is 2.64. The number of aryl methyl sites for hydroxylation is 1. The molecule has 1 amide bonds. The molecule has 30 heavy (non-hydrogen) atoms. The minimum Gasteiger partial charge on any atom is -0.353 e. The van der Waals surface area contributed by atoms with Gasteiger partial charge in [-0.05, 0) is 42.9 Å². The molecule has 0 spiro atoms. The molecule has 1 aromatic carbocycles. The van der Waals surface area contributed by atoms with Gasteiger partial charge in [-0.3, -0.25) is 4.79 Å². The number of carbonyl (C=O) groups is 1. The first-order valence-electron chi connectivity index (χ1n) is 10.1. The maximum absolute atomic E-state index is 12.0. The second-order valence-electron chi connectivity index (χ2n) is 8.19. The second kappa shape index (κ2) is 11.9. The number of nitrogens with one attached hydrogen (secondary N) is 2. The predicted molar refractivity (Wildman–Crippen MR) is 132 cm³/mol. The summed E-state index contributed by atoms with van der Waals surface area (Å²) in [4.78, 5) is 18.5. The van der Waals surface area contributed by atoms with E-state index in [1.54, 1.807) is 38.1 Å². The SMILES string of the molecule is Cc1cc(CN=C(NCC(=O)N(C)C)NC2CCCCC2C)ccc1S(C)(=O)=O.I. The summed E-state index contributed by atoms with van der Waals surface area (Å²) in [5, 5.41) is 6.63. The fourth-order valence-electron chi connectivity index (χ4n) is 3.57. The van der Waals surface area contributed by atoms with Gasteiger partial charge < -0.3 is 15.5 Å². The van der Waals surface area contributed by atoms with E-state index in [-0.39, 0.29) is 36.4 Å². The van der Waals surface area contributed by atoms with Crippen LogP contribution in [0.5, 0.6) is 0 Å². The number of carbonyl (C=O) groups excluding carboxylic acids is 1. The Kier molecular flexibility index (Phi) is 10.6. The molecule has 2 rings (SSSR count). The highest BCUT2D eigenvalue weighted by Gasteiger charge is 2.22. The Hall–Kier alpha value is -1.36. The minimum atomic E-state index is -3.24. The molecule has 0 aliphatic heterocycles. The Morgan fingerprint density at radius 3 is 2.47 bits per heavy atom. The molecule has 1 aliphatic rings. The molecule has 1 aromatic rings. The first kappa shape index (κ1) is 26.7. The zero-order valence-electron chi connectivity index (χ0n) is 18.6. The Morgan fingerprint density at radius 2 is 1.90 bits per heavy atom. The highest BCUT2D eigenvalue weighted by atomic mass is 127. The highest BCUT2D eigenvalue weighted by Crippen LogP contribution is 2.23. The molecule has 0 saturated heterocycles. The number of aliphatic imine (C=N–C) groups is 1. The number of halogens is 1. The van der Waals surface area contributed by atoms with Gasteiger partial charge >= 0.3 is 0 Å². The van der Waals surface area contributed by atoms with Gasteiger partial charge in [0.05, 0.1) is 18.0 Å². The van der Waals surface area contributed by atoms with Gasteiger partial charge in [-0.25, -0.2) is 13.4 Å². The van der Waals surface area contributed by atoms with Crippen LogP contribution in [0.25, 0.3) is 0 Å². The number of benzene rings is 1. The lowest BCUT2D eigenvalue weighted by atomic mass is 9.86. The van der Waals surface area contributed by atoms with Gasteiger partial charge in [0.1, 0.15) is 0 Å². The highest BCUT2D eigenvalue weighted by molar-refractivity contribution is 14.0. The maximum Gasteiger partial charge on any atom is 0.241 e. The lowest BCUT2D eigenvalue weighted by molar-refractivity contribution is -0.127. The van der Waals surface area contributed by atoms with Crippen molar-refractivity contribution >= 4 is 45.7 Å². The number of nitrogens with zero attached hydrogens (tertiary/aromatic N) is 2. The van der Waals surface area contributed by atoms with E-state index in [0.717, 1.165) is 12.0 Å². The van der Waals surface area contributed by atoms with E-state index in [9.17, 15) is 13.2 Å². The maximum atomic E-state index is 12.0. The van der Waals surface area contributed by atoms with Gasteiger partial charge in [-0.15, -0.1) is 24.0 Å². The monoisotopic (exact) mass is 550 g/mol. The number of amides is 1. The molecule has 1 aliphatic carbocycles. The zero-order valence-corrected chi connectivity index (χ0v) is 21.7. The molecule has 0 bridgehead atoms. The molecule has 1 saturated carbocycles. The molecular weight excluding hydrogens is 515 g/mol. The first-order valence-corrected chi connectivity index (χ1v) is 12.0. The standard InChI is InChI=1S/C21H34N4O3S.HI/c1-15-8-6-7-9-18(15)24-21(23-14-20(26)25(3)4)22-13-17-10-11-19(16(2)12-17)29(5,27)28;/h10-12,15,18H,6-9,13-14H2,1-5H3,(H2,22,23,24);1H. The molecule has 2 atom stereocenters. The number of hydrogen-bond acceptors (Lipinski definition) is 4. The molecule has 0 radical (unpaired) electrons. The molecule has 0 aromatic heterocycles. The molecule has 2 unspecified atom stereocenters. The van der Waals surface area contributed by atoms with Crippen molar-refractivity contribution in [3.63, 3.8) is 0 Å². The molecule has 0 heterocycles. The van der Waals surface area contributed by atoms with Gasteiger partial charge in [0.25, 0.3) is 0 Å². The molecule has 1 fully saturated rings. The van der Waals surface area contributed by atoms with Crippen molar-refractivity contribution in [1.82, 2.24) is 15.5 Å². The van der Waals surface area contributed by atoms with Gasteiger partial charge in [0.2, 0.25) is 5.91 Å². The van der Waals surface area contributed by atoms with Crippen molar-refractivity contribution in [2.75, 3.05) is 26.9 Å². The fraction of sp³-hybridized carbons (Fsp3) is 0.619. The van der Waals surface area contributed by atoms with Crippen LogP contribution >= 0.6 is 24.0 Å². The molecule has 170 valence electrons. The number of guanidine groups is 1. The number of sulfone groups is 1. The van der Waals surface area contributed by atoms with Crippen LogP contribution in [0.1, 0.15) is 43.7 Å². The van der Waals surface area contributed by atoms with E-state index in [1.807, 2.05) is 6.07 Å². The summed E-state index contributed by atoms with van der Waals surface area (Å²) in [6.07, 6.45) is 5.94. The average molecular weight is 551 g/mol. The van der Waals surface area contributed by atoms with Gasteiger partial charge in [-0.2, -0.15) is 0 Å². The summed E-state index contributed by atoms with van der Waals surface area (Å²) in [7, 11) is 0.216. The fourth-order valence-corrected chi connectivity index (χ4v) is 4.53. The van der Waals surface area contributed by atoms with Crippen LogP contribution < -0.4 is 10.6 Å². The van der Waals surface area contributed by atoms with E-state index in [2.05, 4.69) is 22.5 Å². The second-order valence-corrected chi connectivity index (χ2v) is 10.2. The summed E-state index contributed by atoms with van der Waals surface area (Å²) >= 11 is 0. The minimum absolute atomic E-state index is 0. The van der Waals surface area contributed by atoms with E-state index < -0.39 is 9.84 Å². The number of rotatable bonds is 6. The van der Waals surface area contributed by atoms with Crippen LogP contribution in [-0.2, 0) is 21.2 Å². The van der Waals surface area contributed by atoms with Gasteiger partial charge in [0, 0.05) is 26.4 Å². The lowest BCUT2D eigenvalue weighted by Gasteiger charge is -2.31. The number of hydrogen-bond donors (Lipinski definition) is 2. The van der Waals surface area contributed by atoms with Gasteiger partial charge in [0.15, 0.2) is 15.8 Å². The van der Waals surface area contributed by atoms with Crippen molar-refractivity contribution in [3.8, 4) is 0 Å². The summed E-state index contributed by atoms with van der Waals surface area (Å²) < 4.78 is 23.6. The first-order chi connectivity index (χ1) is 13.6. The third-order valence-corrected chi connectivity index (χ3v) is 6.66. The third kappa shape index (κ3) is 8.05. The van der Waals surface area contributed by atoms with Crippen molar-refractivity contribution in [3.05, 3.63) is 29.3 Å². The topological polar surface area (TPSA) is 90.9 Å². The van der Waals surface area contributed by atoms with Crippen LogP contribution in [0.2, 0.25) is 0 Å². The Labute approximate surface area is 198 Å². The normalized spacial score (nSPS) is 19.6. The van der Waals surface area contributed by atoms with Crippen LogP contribution in [0.3, 0.4) is 0 Å². The van der Waals surface area contributed by atoms with Crippen LogP contribution in [0.15, 0.2) is 28.1 Å². The predicted octanol–water partition coefficient (Wildman–Crippen LogP) is 2.72. The smallest absolute Gasteiger partial charge is 0.241 e. The summed E-state index contributed by atoms with van der Waals surface area (Å²) in [6.45, 7) is 4.61. The van der Waals surface area contributed by atoms with Crippen molar-refractivity contribution < 1.29 is 13.2 Å². The van der Waals surface area contributed by atoms with Crippen molar-refractivity contribution in [1.29, 1.82) is 0 Å². The lowest BCUT2D eigenvalue weighted by Crippen LogP contribution is -2.49. The Balaban J connectivity index is 0.00000450. The Morgan fingerprint density at radius 1 is 1.23 bits per heavy atom. The van der Waals surface area contributed by atoms with Crippen LogP contribution in [-0.4, -0.2) is 58.1 Å². The van der Waals surface area contributed by atoms with Crippen molar-refractivity contribution in [2.45, 2.75) is 57.0 Å². The van der Waals surface area contributed by atoms with Crippen LogP contribution in [0, 0.1) is 12.8 Å². The summed E-state index contributed by atoms with van der Waals surface area (Å²) in [5.74, 6) is 1.14. The summed E-state index contributed by atoms with van der Waals surface area (Å²) in [6, 6.07) is 5.61. The van der Waals surface area contributed by atoms with E-state index in [0.29, 0.717) is 34.9 Å². The molecular formula is C21H35IN4O3S. The van der Waals surface area contributed by atoms with Crippen molar-refractivity contribution in [2.24, 2.45) is 10.9 Å². The molecule has 7 nitrogen and oxygen atoms in total. The zero-order chi connectivity index (χ0) is 21.6. The number of likely N-dealkylation sites (N-methyl/N-ethyl adjacent to an activating group) is 1. The third-order valence-electron chi connectivity index (χ3n) is 5.40. The Bertz CT molecular complexity index is 856. The molecule has 2 N–H and O–H groups in total. The van der Waals surface area contributed by atoms with Gasteiger partial charge in [-0.1, -0.05) is 31.9 Å². The summed E-state index contributed by atoms with van der Waals surface area (Å²) in [5.41, 5.74) is 1.64. The van der Waals surface area contributed by atoms with E-state index in [1.165, 1.54) is 25.5 Å². The van der Waals surface area contributed by atoms with Crippen LogP contribution in [0.4, 0.5) is 0 Å². The molecule has 9 heteroatoms. The van der Waals surface area contributed by atoms with E-state index in [4.69, 9.17) is 0 Å². The largest absolute Gasteiger partial charge is 0.353 e.